The molecule has 0 saturated carbocycles. The minimum absolute atomic E-state index is 0.157. The van der Waals surface area contributed by atoms with Crippen LogP contribution in [-0.4, -0.2) is 23.2 Å². The molecule has 6 heteroatoms. The quantitative estimate of drug-likeness (QED) is 0.409. The Kier molecular flexibility index (Phi) is 6.17. The maximum absolute atomic E-state index is 13.3. The van der Waals surface area contributed by atoms with Crippen LogP contribution in [0.5, 0.6) is 0 Å². The Morgan fingerprint density at radius 1 is 0.595 bits per heavy atom. The van der Waals surface area contributed by atoms with E-state index in [2.05, 4.69) is 16.3 Å². The van der Waals surface area contributed by atoms with Crippen molar-refractivity contribution in [3.8, 4) is 0 Å². The van der Waals surface area contributed by atoms with Gasteiger partial charge in [0.2, 0.25) is 0 Å². The van der Waals surface area contributed by atoms with Crippen LogP contribution in [0.3, 0.4) is 0 Å². The van der Waals surface area contributed by atoms with Crippen LogP contribution < -0.4 is 10.0 Å². The minimum Gasteiger partial charge on any atom is -0.267 e. The maximum Gasteiger partial charge on any atom is 0.280 e. The SMILES string of the molecule is CC1=NN(c2ccccc2)C(=O)/C1=C/c1c(C)cc(C)c(/C=C2/C(=O)N(c3ccccc3)N=C2C)c1C. The molecule has 3 aromatic rings. The normalized spacial score (nSPS) is 17.8. The Morgan fingerprint density at radius 2 is 0.973 bits per heavy atom. The second-order valence-corrected chi connectivity index (χ2v) is 9.35. The van der Waals surface area contributed by atoms with Gasteiger partial charge in [0.25, 0.3) is 11.8 Å². The minimum atomic E-state index is -0.157. The van der Waals surface area contributed by atoms with E-state index in [1.54, 1.807) is 0 Å². The third-order valence-electron chi connectivity index (χ3n) is 6.79. The predicted octanol–water partition coefficient (Wildman–Crippen LogP) is 6.22. The van der Waals surface area contributed by atoms with E-state index in [1.807, 2.05) is 107 Å². The van der Waals surface area contributed by atoms with Gasteiger partial charge in [-0.2, -0.15) is 20.2 Å². The van der Waals surface area contributed by atoms with E-state index >= 15 is 0 Å². The number of para-hydroxylation sites is 2. The number of aryl methyl sites for hydroxylation is 2. The summed E-state index contributed by atoms with van der Waals surface area (Å²) in [5.74, 6) is -0.314. The van der Waals surface area contributed by atoms with Crippen LogP contribution >= 0.6 is 0 Å². The van der Waals surface area contributed by atoms with E-state index in [0.29, 0.717) is 22.6 Å². The summed E-state index contributed by atoms with van der Waals surface area (Å²) < 4.78 is 0. The van der Waals surface area contributed by atoms with Crippen LogP contribution in [0, 0.1) is 20.8 Å². The van der Waals surface area contributed by atoms with Crippen molar-refractivity contribution in [1.29, 1.82) is 0 Å². The molecule has 0 atom stereocenters. The number of carbonyl (C=O) groups excluding carboxylic acids is 2. The van der Waals surface area contributed by atoms with Gasteiger partial charge in [-0.05, 0) is 98.9 Å². The highest BCUT2D eigenvalue weighted by atomic mass is 16.2. The van der Waals surface area contributed by atoms with Gasteiger partial charge in [0.05, 0.1) is 33.9 Å². The van der Waals surface area contributed by atoms with Crippen molar-refractivity contribution in [2.75, 3.05) is 10.0 Å². The number of benzene rings is 3. The van der Waals surface area contributed by atoms with Crippen molar-refractivity contribution >= 4 is 46.8 Å². The maximum atomic E-state index is 13.3. The number of anilines is 2. The van der Waals surface area contributed by atoms with Crippen molar-refractivity contribution in [1.82, 2.24) is 0 Å². The highest BCUT2D eigenvalue weighted by Gasteiger charge is 2.30. The lowest BCUT2D eigenvalue weighted by atomic mass is 9.90. The summed E-state index contributed by atoms with van der Waals surface area (Å²) in [5.41, 5.74) is 8.91. The predicted molar refractivity (Wildman–Crippen MR) is 151 cm³/mol. The molecule has 0 radical (unpaired) electrons. The first-order chi connectivity index (χ1) is 17.8. The topological polar surface area (TPSA) is 65.3 Å². The number of hydrogen-bond donors (Lipinski definition) is 0. The average molecular weight is 489 g/mol. The molecule has 0 N–H and O–H groups in total. The van der Waals surface area contributed by atoms with E-state index in [-0.39, 0.29) is 11.8 Å². The third-order valence-corrected chi connectivity index (χ3v) is 6.79. The van der Waals surface area contributed by atoms with Crippen molar-refractivity contribution in [3.05, 3.63) is 106 Å². The molecule has 184 valence electrons. The average Bonchev–Trinajstić information content (AvgIpc) is 3.34. The van der Waals surface area contributed by atoms with Gasteiger partial charge in [0.15, 0.2) is 0 Å². The molecule has 0 aromatic heterocycles. The number of amides is 2. The molecule has 0 fully saturated rings. The number of nitrogens with zero attached hydrogens (tertiary/aromatic N) is 4. The molecular weight excluding hydrogens is 460 g/mol. The van der Waals surface area contributed by atoms with Gasteiger partial charge >= 0.3 is 0 Å². The second kappa shape index (κ2) is 9.47. The lowest BCUT2D eigenvalue weighted by Gasteiger charge is -2.15. The fraction of sp³-hybridized carbons (Fsp3) is 0.161. The summed E-state index contributed by atoms with van der Waals surface area (Å²) in [5, 5.41) is 11.9. The molecule has 2 heterocycles. The Hall–Kier alpha value is -4.58. The van der Waals surface area contributed by atoms with Crippen LogP contribution in [0.4, 0.5) is 11.4 Å². The zero-order chi connectivity index (χ0) is 26.3. The number of carbonyl (C=O) groups is 2. The van der Waals surface area contributed by atoms with Crippen molar-refractivity contribution < 1.29 is 9.59 Å². The van der Waals surface area contributed by atoms with E-state index in [1.165, 1.54) is 10.0 Å². The van der Waals surface area contributed by atoms with Crippen molar-refractivity contribution in [2.24, 2.45) is 10.2 Å². The highest BCUT2D eigenvalue weighted by Crippen LogP contribution is 2.31. The van der Waals surface area contributed by atoms with Gasteiger partial charge < -0.3 is 0 Å². The monoisotopic (exact) mass is 488 g/mol. The summed E-state index contributed by atoms with van der Waals surface area (Å²) in [4.78, 5) is 26.6. The number of hydrazone groups is 2. The van der Waals surface area contributed by atoms with E-state index in [9.17, 15) is 9.59 Å². The summed E-state index contributed by atoms with van der Waals surface area (Å²) in [6.07, 6.45) is 3.84. The van der Waals surface area contributed by atoms with Crippen molar-refractivity contribution in [3.63, 3.8) is 0 Å². The molecule has 37 heavy (non-hydrogen) atoms. The molecule has 0 aliphatic carbocycles. The molecule has 5 rings (SSSR count). The van der Waals surface area contributed by atoms with Gasteiger partial charge in [-0.1, -0.05) is 42.5 Å². The molecule has 6 nitrogen and oxygen atoms in total. The van der Waals surface area contributed by atoms with E-state index in [4.69, 9.17) is 0 Å². The number of hydrogen-bond acceptors (Lipinski definition) is 4. The summed E-state index contributed by atoms with van der Waals surface area (Å²) in [6, 6.07) is 20.9. The molecule has 2 aliphatic rings. The molecule has 0 spiro atoms. The Morgan fingerprint density at radius 3 is 1.35 bits per heavy atom. The van der Waals surface area contributed by atoms with Crippen LogP contribution in [0.25, 0.3) is 12.2 Å². The largest absolute Gasteiger partial charge is 0.280 e. The van der Waals surface area contributed by atoms with Crippen LogP contribution in [0.1, 0.15) is 41.7 Å². The first kappa shape index (κ1) is 24.1. The second-order valence-electron chi connectivity index (χ2n) is 9.35. The molecule has 0 bridgehead atoms. The Labute approximate surface area is 216 Å². The smallest absolute Gasteiger partial charge is 0.267 e. The Bertz CT molecular complexity index is 1430. The molecule has 2 aliphatic heterocycles. The fourth-order valence-electron chi connectivity index (χ4n) is 4.81. The first-order valence-electron chi connectivity index (χ1n) is 12.2. The molecule has 2 amide bonds. The lowest BCUT2D eigenvalue weighted by molar-refractivity contribution is -0.115. The van der Waals surface area contributed by atoms with Gasteiger partial charge in [-0.25, -0.2) is 0 Å². The van der Waals surface area contributed by atoms with Crippen LogP contribution in [0.2, 0.25) is 0 Å². The Balaban J connectivity index is 1.54. The molecule has 0 saturated heterocycles. The van der Waals surface area contributed by atoms with Gasteiger partial charge in [-0.15, -0.1) is 0 Å². The van der Waals surface area contributed by atoms with Gasteiger partial charge in [0, 0.05) is 0 Å². The standard InChI is InChI=1S/C31H28N4O2/c1-19-16-20(2)27(18-29-23(5)33-35(31(29)37)25-14-10-7-11-15-25)21(3)26(19)17-28-22(4)32-34(30(28)36)24-12-8-6-9-13-24/h6-18H,1-5H3/b28-17+,29-18+. The zero-order valence-corrected chi connectivity index (χ0v) is 21.6. The molecule has 0 unspecified atom stereocenters. The van der Waals surface area contributed by atoms with Crippen molar-refractivity contribution in [2.45, 2.75) is 34.6 Å². The van der Waals surface area contributed by atoms with Gasteiger partial charge in [0.1, 0.15) is 0 Å². The summed E-state index contributed by atoms with van der Waals surface area (Å²) in [6.45, 7) is 9.80. The summed E-state index contributed by atoms with van der Waals surface area (Å²) >= 11 is 0. The first-order valence-corrected chi connectivity index (χ1v) is 12.2. The lowest BCUT2D eigenvalue weighted by Crippen LogP contribution is -2.21. The summed E-state index contributed by atoms with van der Waals surface area (Å²) in [7, 11) is 0. The van der Waals surface area contributed by atoms with Crippen LogP contribution in [0.15, 0.2) is 88.1 Å². The fourth-order valence-corrected chi connectivity index (χ4v) is 4.81. The van der Waals surface area contributed by atoms with E-state index < -0.39 is 0 Å². The number of rotatable bonds is 4. The van der Waals surface area contributed by atoms with Gasteiger partial charge in [-0.3, -0.25) is 9.59 Å². The zero-order valence-electron chi connectivity index (χ0n) is 21.6. The molecular formula is C31H28N4O2. The molecule has 3 aromatic carbocycles. The van der Waals surface area contributed by atoms with E-state index in [0.717, 1.165) is 39.2 Å². The van der Waals surface area contributed by atoms with Crippen LogP contribution in [-0.2, 0) is 9.59 Å². The highest BCUT2D eigenvalue weighted by molar-refractivity contribution is 6.33. The third kappa shape index (κ3) is 4.31.